The van der Waals surface area contributed by atoms with Crippen LogP contribution in [-0.4, -0.2) is 59.7 Å². The molecule has 0 radical (unpaired) electrons. The number of rotatable bonds is 6. The van der Waals surface area contributed by atoms with Gasteiger partial charge in [0.25, 0.3) is 5.91 Å². The monoisotopic (exact) mass is 338 g/mol. The molecule has 5 nitrogen and oxygen atoms in total. The molecule has 1 saturated heterocycles. The summed E-state index contributed by atoms with van der Waals surface area (Å²) in [5.41, 5.74) is 1.11. The molecule has 0 spiro atoms. The first kappa shape index (κ1) is 17.8. The van der Waals surface area contributed by atoms with Gasteiger partial charge in [0.05, 0.1) is 5.02 Å². The van der Waals surface area contributed by atoms with Crippen molar-refractivity contribution in [2.24, 2.45) is 0 Å². The number of piperazine rings is 1. The molecule has 1 heterocycles. The standard InChI is InChI=1S/C17H23ClN2O3/c1-3-10-23-16-5-4-14(11-15(16)18)12-19-6-8-20(9-7-19)17(22)13(2)21/h3-5,11,13,21H,1,6-10,12H2,2H3. The highest BCUT2D eigenvalue weighted by Gasteiger charge is 2.23. The second kappa shape index (κ2) is 8.34. The molecule has 1 aromatic rings. The first-order valence-corrected chi connectivity index (χ1v) is 8.10. The highest BCUT2D eigenvalue weighted by Crippen LogP contribution is 2.26. The van der Waals surface area contributed by atoms with Crippen LogP contribution < -0.4 is 4.74 Å². The zero-order valence-electron chi connectivity index (χ0n) is 13.4. The number of aliphatic hydroxyl groups is 1. The number of carbonyl (C=O) groups is 1. The third kappa shape index (κ3) is 4.96. The van der Waals surface area contributed by atoms with Gasteiger partial charge in [0.15, 0.2) is 0 Å². The molecule has 0 saturated carbocycles. The van der Waals surface area contributed by atoms with Crippen LogP contribution >= 0.6 is 11.6 Å². The van der Waals surface area contributed by atoms with Gasteiger partial charge >= 0.3 is 0 Å². The average molecular weight is 339 g/mol. The minimum atomic E-state index is -0.927. The van der Waals surface area contributed by atoms with Crippen LogP contribution in [0, 0.1) is 0 Å². The summed E-state index contributed by atoms with van der Waals surface area (Å²) in [5.74, 6) is 0.457. The molecule has 1 fully saturated rings. The van der Waals surface area contributed by atoms with E-state index >= 15 is 0 Å². The summed E-state index contributed by atoms with van der Waals surface area (Å²) in [7, 11) is 0. The van der Waals surface area contributed by atoms with E-state index in [2.05, 4.69) is 11.5 Å². The molecule has 1 N–H and O–H groups in total. The van der Waals surface area contributed by atoms with E-state index in [1.165, 1.54) is 6.92 Å². The average Bonchev–Trinajstić information content (AvgIpc) is 2.54. The molecule has 1 atom stereocenters. The maximum Gasteiger partial charge on any atom is 0.251 e. The fourth-order valence-corrected chi connectivity index (χ4v) is 2.81. The van der Waals surface area contributed by atoms with Gasteiger partial charge in [-0.25, -0.2) is 0 Å². The summed E-state index contributed by atoms with van der Waals surface area (Å²) in [6.45, 7) is 9.16. The molecule has 126 valence electrons. The Morgan fingerprint density at radius 2 is 2.13 bits per heavy atom. The SMILES string of the molecule is C=CCOc1ccc(CN2CCN(C(=O)C(C)O)CC2)cc1Cl. The molecule has 1 amide bonds. The van der Waals surface area contributed by atoms with E-state index < -0.39 is 6.10 Å². The van der Waals surface area contributed by atoms with Gasteiger partial charge in [0, 0.05) is 32.7 Å². The summed E-state index contributed by atoms with van der Waals surface area (Å²) in [6.07, 6.45) is 0.751. The van der Waals surface area contributed by atoms with Gasteiger partial charge in [-0.2, -0.15) is 0 Å². The topological polar surface area (TPSA) is 53.0 Å². The van der Waals surface area contributed by atoms with Gasteiger partial charge in [-0.1, -0.05) is 30.3 Å². The van der Waals surface area contributed by atoms with Crippen LogP contribution in [0.5, 0.6) is 5.75 Å². The number of carbonyl (C=O) groups excluding carboxylic acids is 1. The van der Waals surface area contributed by atoms with Crippen LogP contribution in [0.2, 0.25) is 5.02 Å². The first-order valence-electron chi connectivity index (χ1n) is 7.72. The van der Waals surface area contributed by atoms with Gasteiger partial charge < -0.3 is 14.7 Å². The maximum atomic E-state index is 11.8. The molecule has 1 unspecified atom stereocenters. The molecule has 0 aromatic heterocycles. The minimum absolute atomic E-state index is 0.198. The number of halogens is 1. The van der Waals surface area contributed by atoms with Crippen LogP contribution in [0.4, 0.5) is 0 Å². The van der Waals surface area contributed by atoms with Crippen molar-refractivity contribution in [3.63, 3.8) is 0 Å². The van der Waals surface area contributed by atoms with Crippen molar-refractivity contribution < 1.29 is 14.6 Å². The third-order valence-corrected chi connectivity index (χ3v) is 4.10. The summed E-state index contributed by atoms with van der Waals surface area (Å²) in [5, 5.41) is 9.94. The maximum absolute atomic E-state index is 11.8. The molecule has 1 aliphatic heterocycles. The molecule has 0 aliphatic carbocycles. The van der Waals surface area contributed by atoms with E-state index in [0.717, 1.165) is 25.2 Å². The van der Waals surface area contributed by atoms with Crippen molar-refractivity contribution in [1.82, 2.24) is 9.80 Å². The Labute approximate surface area is 142 Å². The number of benzene rings is 1. The smallest absolute Gasteiger partial charge is 0.251 e. The van der Waals surface area contributed by atoms with Gasteiger partial charge in [0.2, 0.25) is 0 Å². The van der Waals surface area contributed by atoms with Crippen LogP contribution in [0.15, 0.2) is 30.9 Å². The Hall–Kier alpha value is -1.56. The molecule has 23 heavy (non-hydrogen) atoms. The van der Waals surface area contributed by atoms with Gasteiger partial charge in [-0.15, -0.1) is 0 Å². The summed E-state index contributed by atoms with van der Waals surface area (Å²) < 4.78 is 5.46. The Balaban J connectivity index is 1.88. The molecule has 6 heteroatoms. The Morgan fingerprint density at radius 3 is 2.70 bits per heavy atom. The van der Waals surface area contributed by atoms with E-state index in [0.29, 0.717) is 30.5 Å². The van der Waals surface area contributed by atoms with Crippen LogP contribution in [0.1, 0.15) is 12.5 Å². The third-order valence-electron chi connectivity index (χ3n) is 3.80. The second-order valence-corrected chi connectivity index (χ2v) is 6.05. The summed E-state index contributed by atoms with van der Waals surface area (Å²) in [6, 6.07) is 5.78. The molecule has 1 aliphatic rings. The van der Waals surface area contributed by atoms with E-state index in [4.69, 9.17) is 16.3 Å². The van der Waals surface area contributed by atoms with Crippen LogP contribution in [-0.2, 0) is 11.3 Å². The van der Waals surface area contributed by atoms with Gasteiger partial charge in [-0.05, 0) is 24.6 Å². The number of amides is 1. The van der Waals surface area contributed by atoms with Crippen LogP contribution in [0.3, 0.4) is 0 Å². The number of hydrogen-bond acceptors (Lipinski definition) is 4. The zero-order valence-corrected chi connectivity index (χ0v) is 14.1. The fraction of sp³-hybridized carbons (Fsp3) is 0.471. The summed E-state index contributed by atoms with van der Waals surface area (Å²) in [4.78, 5) is 15.7. The highest BCUT2D eigenvalue weighted by atomic mass is 35.5. The Bertz CT molecular complexity index is 555. The van der Waals surface area contributed by atoms with Crippen molar-refractivity contribution in [3.8, 4) is 5.75 Å². The molecular formula is C17H23ClN2O3. The lowest BCUT2D eigenvalue weighted by Crippen LogP contribution is -2.50. The lowest BCUT2D eigenvalue weighted by Gasteiger charge is -2.35. The van der Waals surface area contributed by atoms with E-state index in [1.54, 1.807) is 11.0 Å². The number of aliphatic hydroxyl groups excluding tert-OH is 1. The largest absolute Gasteiger partial charge is 0.488 e. The van der Waals surface area contributed by atoms with Gasteiger partial charge in [-0.3, -0.25) is 9.69 Å². The van der Waals surface area contributed by atoms with E-state index in [1.807, 2.05) is 18.2 Å². The van der Waals surface area contributed by atoms with Crippen LogP contribution in [0.25, 0.3) is 0 Å². The zero-order chi connectivity index (χ0) is 16.8. The van der Waals surface area contributed by atoms with Crippen molar-refractivity contribution in [1.29, 1.82) is 0 Å². The number of nitrogens with zero attached hydrogens (tertiary/aromatic N) is 2. The van der Waals surface area contributed by atoms with Crippen molar-refractivity contribution >= 4 is 17.5 Å². The Morgan fingerprint density at radius 1 is 1.43 bits per heavy atom. The normalized spacial score (nSPS) is 16.9. The van der Waals surface area contributed by atoms with E-state index in [-0.39, 0.29) is 5.91 Å². The summed E-state index contributed by atoms with van der Waals surface area (Å²) >= 11 is 6.22. The van der Waals surface area contributed by atoms with Crippen molar-refractivity contribution in [2.45, 2.75) is 19.6 Å². The van der Waals surface area contributed by atoms with E-state index in [9.17, 15) is 9.90 Å². The second-order valence-electron chi connectivity index (χ2n) is 5.64. The molecule has 2 rings (SSSR count). The van der Waals surface area contributed by atoms with Gasteiger partial charge in [0.1, 0.15) is 18.5 Å². The molecule has 1 aromatic carbocycles. The Kier molecular flexibility index (Phi) is 6.45. The quantitative estimate of drug-likeness (QED) is 0.805. The number of ether oxygens (including phenoxy) is 1. The van der Waals surface area contributed by atoms with Crippen molar-refractivity contribution in [3.05, 3.63) is 41.4 Å². The van der Waals surface area contributed by atoms with Crippen molar-refractivity contribution in [2.75, 3.05) is 32.8 Å². The molecular weight excluding hydrogens is 316 g/mol. The minimum Gasteiger partial charge on any atom is -0.488 e. The first-order chi connectivity index (χ1) is 11.0. The highest BCUT2D eigenvalue weighted by molar-refractivity contribution is 6.32. The molecule has 0 bridgehead atoms. The lowest BCUT2D eigenvalue weighted by atomic mass is 10.2. The predicted octanol–water partition coefficient (Wildman–Crippen LogP) is 1.93. The number of hydrogen-bond donors (Lipinski definition) is 1. The lowest BCUT2D eigenvalue weighted by molar-refractivity contribution is -0.141. The fourth-order valence-electron chi connectivity index (χ4n) is 2.56. The predicted molar refractivity (Wildman–Crippen MR) is 90.7 cm³/mol.